The molecular weight excluding hydrogens is 556 g/mol. The van der Waals surface area contributed by atoms with Gasteiger partial charge in [-0.1, -0.05) is 59.9 Å². The van der Waals surface area contributed by atoms with E-state index < -0.39 is 6.04 Å². The van der Waals surface area contributed by atoms with Crippen LogP contribution in [0.3, 0.4) is 0 Å². The number of amides is 1. The average molecular weight is 593 g/mol. The molecule has 1 aliphatic rings. The number of hydrogen-bond donors (Lipinski definition) is 0. The predicted octanol–water partition coefficient (Wildman–Crippen LogP) is 5.80. The van der Waals surface area contributed by atoms with Crippen molar-refractivity contribution in [3.63, 3.8) is 0 Å². The SMILES string of the molecule is CCN(CC)C(=O)C1=C(C)N=c2s/c(=C/c3cn(C(C)C)c4ccccc34)c(=O)n2[C@@H]1c1c(OC)ccc2ccccc12. The van der Waals surface area contributed by atoms with Crippen LogP contribution in [0.5, 0.6) is 5.75 Å². The van der Waals surface area contributed by atoms with E-state index in [4.69, 9.17) is 9.73 Å². The van der Waals surface area contributed by atoms with E-state index in [1.54, 1.807) is 16.6 Å². The van der Waals surface area contributed by atoms with Gasteiger partial charge < -0.3 is 14.2 Å². The maximum Gasteiger partial charge on any atom is 0.271 e. The molecule has 7 nitrogen and oxygen atoms in total. The first-order chi connectivity index (χ1) is 20.8. The summed E-state index contributed by atoms with van der Waals surface area (Å²) in [4.78, 5) is 35.9. The van der Waals surface area contributed by atoms with E-state index in [-0.39, 0.29) is 17.5 Å². The number of ether oxygens (including phenoxy) is 1. The summed E-state index contributed by atoms with van der Waals surface area (Å²) in [6, 6.07) is 19.8. The minimum Gasteiger partial charge on any atom is -0.496 e. The Bertz CT molecular complexity index is 2090. The van der Waals surface area contributed by atoms with Crippen LogP contribution >= 0.6 is 11.3 Å². The number of carbonyl (C=O) groups is 1. The molecule has 0 saturated heterocycles. The van der Waals surface area contributed by atoms with Crippen LogP contribution in [0.1, 0.15) is 57.8 Å². The third-order valence-corrected chi connectivity index (χ3v) is 9.32. The van der Waals surface area contributed by atoms with E-state index >= 15 is 0 Å². The first-order valence-corrected chi connectivity index (χ1v) is 15.6. The van der Waals surface area contributed by atoms with E-state index in [9.17, 15) is 9.59 Å². The van der Waals surface area contributed by atoms with Gasteiger partial charge in [0.05, 0.1) is 22.9 Å². The zero-order valence-electron chi connectivity index (χ0n) is 25.4. The van der Waals surface area contributed by atoms with E-state index in [1.807, 2.05) is 75.4 Å². The van der Waals surface area contributed by atoms with Gasteiger partial charge in [-0.3, -0.25) is 14.2 Å². The lowest BCUT2D eigenvalue weighted by molar-refractivity contribution is -0.127. The van der Waals surface area contributed by atoms with Gasteiger partial charge in [-0.15, -0.1) is 0 Å². The molecule has 1 amide bonds. The number of aromatic nitrogens is 2. The van der Waals surface area contributed by atoms with Gasteiger partial charge in [0.2, 0.25) is 0 Å². The molecule has 220 valence electrons. The Hall–Kier alpha value is -4.43. The van der Waals surface area contributed by atoms with Gasteiger partial charge in [0, 0.05) is 47.4 Å². The van der Waals surface area contributed by atoms with Gasteiger partial charge in [0.1, 0.15) is 11.8 Å². The van der Waals surface area contributed by atoms with E-state index in [0.29, 0.717) is 39.4 Å². The molecule has 8 heteroatoms. The van der Waals surface area contributed by atoms with Gasteiger partial charge in [-0.25, -0.2) is 4.99 Å². The van der Waals surface area contributed by atoms with Gasteiger partial charge >= 0.3 is 0 Å². The van der Waals surface area contributed by atoms with Crippen LogP contribution in [0.2, 0.25) is 0 Å². The molecule has 1 atom stereocenters. The summed E-state index contributed by atoms with van der Waals surface area (Å²) in [6.45, 7) is 11.2. The fourth-order valence-corrected chi connectivity index (χ4v) is 7.24. The average Bonchev–Trinajstić information content (AvgIpc) is 3.53. The quantitative estimate of drug-likeness (QED) is 0.240. The topological polar surface area (TPSA) is 68.8 Å². The zero-order chi connectivity index (χ0) is 30.4. The Labute approximate surface area is 254 Å². The highest BCUT2D eigenvalue weighted by Crippen LogP contribution is 2.40. The number of thiazole rings is 1. The number of nitrogens with zero attached hydrogens (tertiary/aromatic N) is 4. The monoisotopic (exact) mass is 592 g/mol. The Morgan fingerprint density at radius 2 is 1.74 bits per heavy atom. The minimum absolute atomic E-state index is 0.125. The molecule has 0 bridgehead atoms. The van der Waals surface area contributed by atoms with E-state index in [0.717, 1.165) is 32.8 Å². The smallest absolute Gasteiger partial charge is 0.271 e. The van der Waals surface area contributed by atoms with Crippen LogP contribution in [-0.2, 0) is 4.79 Å². The second-order valence-corrected chi connectivity index (χ2v) is 12.1. The molecule has 43 heavy (non-hydrogen) atoms. The number of allylic oxidation sites excluding steroid dienone is 1. The van der Waals surface area contributed by atoms with Crippen LogP contribution in [0, 0.1) is 0 Å². The summed E-state index contributed by atoms with van der Waals surface area (Å²) in [5.74, 6) is 0.498. The molecular formula is C35H36N4O3S. The first-order valence-electron chi connectivity index (χ1n) is 14.8. The second kappa shape index (κ2) is 11.3. The van der Waals surface area contributed by atoms with Crippen molar-refractivity contribution in [1.82, 2.24) is 14.0 Å². The van der Waals surface area contributed by atoms with Crippen LogP contribution in [-0.4, -0.2) is 40.1 Å². The first kappa shape index (κ1) is 28.7. The molecule has 0 aliphatic carbocycles. The Morgan fingerprint density at radius 3 is 2.44 bits per heavy atom. The number of para-hydroxylation sites is 1. The summed E-state index contributed by atoms with van der Waals surface area (Å²) in [5.41, 5.74) is 3.81. The van der Waals surface area contributed by atoms with Crippen molar-refractivity contribution < 1.29 is 9.53 Å². The highest BCUT2D eigenvalue weighted by molar-refractivity contribution is 7.07. The second-order valence-electron chi connectivity index (χ2n) is 11.1. The third-order valence-electron chi connectivity index (χ3n) is 8.34. The third kappa shape index (κ3) is 4.70. The van der Waals surface area contributed by atoms with Crippen LogP contribution in [0.15, 0.2) is 87.9 Å². The number of hydrogen-bond acceptors (Lipinski definition) is 5. The van der Waals surface area contributed by atoms with Gasteiger partial charge in [-0.2, -0.15) is 0 Å². The molecule has 0 N–H and O–H groups in total. The maximum absolute atomic E-state index is 14.5. The molecule has 0 unspecified atom stereocenters. The van der Waals surface area contributed by atoms with Crippen LogP contribution in [0.25, 0.3) is 27.8 Å². The van der Waals surface area contributed by atoms with E-state index in [2.05, 4.69) is 36.7 Å². The van der Waals surface area contributed by atoms with Crippen molar-refractivity contribution in [3.05, 3.63) is 109 Å². The van der Waals surface area contributed by atoms with E-state index in [1.165, 1.54) is 11.3 Å². The molecule has 2 aromatic heterocycles. The fourth-order valence-electron chi connectivity index (χ4n) is 6.20. The highest BCUT2D eigenvalue weighted by atomic mass is 32.1. The molecule has 1 aliphatic heterocycles. The lowest BCUT2D eigenvalue weighted by atomic mass is 9.90. The summed E-state index contributed by atoms with van der Waals surface area (Å²) in [6.07, 6.45) is 4.08. The number of benzene rings is 3. The summed E-state index contributed by atoms with van der Waals surface area (Å²) in [5, 5.41) is 3.02. The predicted molar refractivity (Wildman–Crippen MR) is 175 cm³/mol. The Balaban J connectivity index is 1.67. The Morgan fingerprint density at radius 1 is 1.05 bits per heavy atom. The molecule has 0 fully saturated rings. The summed E-state index contributed by atoms with van der Waals surface area (Å²) in [7, 11) is 1.63. The number of rotatable bonds is 7. The van der Waals surface area contributed by atoms with Crippen LogP contribution < -0.4 is 19.6 Å². The van der Waals surface area contributed by atoms with Gasteiger partial charge in [0.15, 0.2) is 4.80 Å². The molecule has 6 rings (SSSR count). The number of methoxy groups -OCH3 is 1. The molecule has 3 aromatic carbocycles. The maximum atomic E-state index is 14.5. The van der Waals surface area contributed by atoms with Crippen LogP contribution in [0.4, 0.5) is 0 Å². The molecule has 0 spiro atoms. The lowest BCUT2D eigenvalue weighted by Gasteiger charge is -2.30. The number of fused-ring (bicyclic) bond motifs is 3. The standard InChI is InChI=1S/C35H36N4O3S/c1-7-37(8-2)34(41)30-22(5)36-35-39(32(30)31-26-15-10-9-13-23(26)17-18-28(31)42-6)33(40)29(43-35)19-24-20-38(21(3)4)27-16-12-11-14-25(24)27/h9-21,32H,7-8H2,1-6H3/b29-19+/t32-/m0/s1. The molecule has 5 aromatic rings. The highest BCUT2D eigenvalue weighted by Gasteiger charge is 2.36. The number of likely N-dealkylation sites (N-methyl/N-ethyl adjacent to an activating group) is 1. The van der Waals surface area contributed by atoms with Crippen molar-refractivity contribution in [2.75, 3.05) is 20.2 Å². The molecule has 0 saturated carbocycles. The Kier molecular flexibility index (Phi) is 7.56. The largest absolute Gasteiger partial charge is 0.496 e. The summed E-state index contributed by atoms with van der Waals surface area (Å²) >= 11 is 1.36. The molecule has 3 heterocycles. The fraction of sp³-hybridized carbons (Fsp3) is 0.286. The van der Waals surface area contributed by atoms with Crippen molar-refractivity contribution in [3.8, 4) is 5.75 Å². The zero-order valence-corrected chi connectivity index (χ0v) is 26.2. The van der Waals surface area contributed by atoms with Crippen molar-refractivity contribution in [2.45, 2.75) is 46.7 Å². The summed E-state index contributed by atoms with van der Waals surface area (Å²) < 4.78 is 10.4. The number of carbonyl (C=O) groups excluding carboxylic acids is 1. The van der Waals surface area contributed by atoms with Crippen molar-refractivity contribution >= 4 is 45.0 Å². The molecule has 0 radical (unpaired) electrons. The van der Waals surface area contributed by atoms with Crippen molar-refractivity contribution in [1.29, 1.82) is 0 Å². The normalized spacial score (nSPS) is 15.3. The lowest BCUT2D eigenvalue weighted by Crippen LogP contribution is -2.43. The minimum atomic E-state index is -0.704. The van der Waals surface area contributed by atoms with Crippen molar-refractivity contribution in [2.24, 2.45) is 4.99 Å². The van der Waals surface area contributed by atoms with Gasteiger partial charge in [-0.05, 0) is 63.6 Å². The van der Waals surface area contributed by atoms with Gasteiger partial charge in [0.25, 0.3) is 11.5 Å².